The lowest BCUT2D eigenvalue weighted by Crippen LogP contribution is -1.94. The lowest BCUT2D eigenvalue weighted by molar-refractivity contribution is 0.777. The summed E-state index contributed by atoms with van der Waals surface area (Å²) in [6.45, 7) is 0. The molecule has 0 unspecified atom stereocenters. The summed E-state index contributed by atoms with van der Waals surface area (Å²) in [5.41, 5.74) is 1.66. The molecule has 5 heteroatoms. The van der Waals surface area contributed by atoms with Gasteiger partial charge in [0.2, 0.25) is 0 Å². The van der Waals surface area contributed by atoms with Crippen LogP contribution in [0.15, 0.2) is 48.5 Å². The van der Waals surface area contributed by atoms with Crippen molar-refractivity contribution < 1.29 is 0 Å². The zero-order chi connectivity index (χ0) is 14.1. The van der Waals surface area contributed by atoms with Gasteiger partial charge in [-0.1, -0.05) is 47.5 Å². The summed E-state index contributed by atoms with van der Waals surface area (Å²) in [6.07, 6.45) is 0. The van der Waals surface area contributed by atoms with Gasteiger partial charge in [0, 0.05) is 18.2 Å². The van der Waals surface area contributed by atoms with E-state index < -0.39 is 0 Å². The number of aromatic nitrogens is 3. The topological polar surface area (TPSA) is 30.7 Å². The molecule has 0 fully saturated rings. The predicted octanol–water partition coefficient (Wildman–Crippen LogP) is 4.46. The normalized spacial score (nSPS) is 10.8. The van der Waals surface area contributed by atoms with Gasteiger partial charge in [-0.15, -0.1) is 0 Å². The maximum absolute atomic E-state index is 6.21. The van der Waals surface area contributed by atoms with Crippen molar-refractivity contribution >= 4 is 23.2 Å². The maximum atomic E-state index is 6.21. The van der Waals surface area contributed by atoms with Crippen LogP contribution in [0.3, 0.4) is 0 Å². The van der Waals surface area contributed by atoms with Crippen molar-refractivity contribution in [3.63, 3.8) is 0 Å². The fourth-order valence-electron chi connectivity index (χ4n) is 2.02. The molecular weight excluding hydrogens is 293 g/mol. The highest BCUT2D eigenvalue weighted by atomic mass is 35.5. The summed E-state index contributed by atoms with van der Waals surface area (Å²) in [5.74, 6) is 1.30. The van der Waals surface area contributed by atoms with Crippen LogP contribution >= 0.6 is 23.2 Å². The van der Waals surface area contributed by atoms with Crippen molar-refractivity contribution in [1.29, 1.82) is 0 Å². The average Bonchev–Trinajstić information content (AvgIpc) is 2.81. The van der Waals surface area contributed by atoms with E-state index in [9.17, 15) is 0 Å². The summed E-state index contributed by atoms with van der Waals surface area (Å²) in [5, 5.41) is 5.70. The van der Waals surface area contributed by atoms with Gasteiger partial charge in [0.15, 0.2) is 11.6 Å². The molecule has 0 spiro atoms. The number of nitrogens with zero attached hydrogens (tertiary/aromatic N) is 3. The molecule has 0 amide bonds. The minimum atomic E-state index is 0.591. The Balaban J connectivity index is 2.13. The van der Waals surface area contributed by atoms with Crippen LogP contribution < -0.4 is 0 Å². The lowest BCUT2D eigenvalue weighted by Gasteiger charge is -2.01. The van der Waals surface area contributed by atoms with E-state index in [1.165, 1.54) is 0 Å². The molecule has 0 aliphatic carbocycles. The fourth-order valence-corrected chi connectivity index (χ4v) is 2.46. The molecule has 3 rings (SSSR count). The fraction of sp³-hybridized carbons (Fsp3) is 0.0667. The first-order valence-electron chi connectivity index (χ1n) is 6.07. The van der Waals surface area contributed by atoms with E-state index in [4.69, 9.17) is 23.2 Å². The zero-order valence-electron chi connectivity index (χ0n) is 10.7. The van der Waals surface area contributed by atoms with Crippen molar-refractivity contribution in [1.82, 2.24) is 14.8 Å². The van der Waals surface area contributed by atoms with Gasteiger partial charge >= 0.3 is 0 Å². The highest BCUT2D eigenvalue weighted by molar-refractivity contribution is 6.33. The molecule has 1 aromatic heterocycles. The molecule has 0 saturated heterocycles. The van der Waals surface area contributed by atoms with E-state index in [1.807, 2.05) is 55.6 Å². The second-order valence-electron chi connectivity index (χ2n) is 4.34. The second kappa shape index (κ2) is 5.27. The molecular formula is C15H11Cl2N3. The molecule has 0 bridgehead atoms. The lowest BCUT2D eigenvalue weighted by atomic mass is 10.2. The Bertz CT molecular complexity index is 765. The zero-order valence-corrected chi connectivity index (χ0v) is 12.2. The molecule has 2 aromatic carbocycles. The SMILES string of the molecule is Cn1nc(-c2ccccc2Cl)nc1-c1ccccc1Cl. The van der Waals surface area contributed by atoms with Crippen LogP contribution in [0.5, 0.6) is 0 Å². The summed E-state index contributed by atoms with van der Waals surface area (Å²) < 4.78 is 1.71. The number of benzene rings is 2. The third-order valence-electron chi connectivity index (χ3n) is 2.99. The Morgan fingerprint density at radius 1 is 0.850 bits per heavy atom. The highest BCUT2D eigenvalue weighted by Gasteiger charge is 2.14. The van der Waals surface area contributed by atoms with Crippen molar-refractivity contribution in [2.45, 2.75) is 0 Å². The van der Waals surface area contributed by atoms with Crippen LogP contribution in [0, 0.1) is 0 Å². The van der Waals surface area contributed by atoms with E-state index >= 15 is 0 Å². The molecule has 0 saturated carbocycles. The van der Waals surface area contributed by atoms with E-state index in [1.54, 1.807) is 4.68 Å². The molecule has 3 nitrogen and oxygen atoms in total. The summed E-state index contributed by atoms with van der Waals surface area (Å²) >= 11 is 12.4. The number of halogens is 2. The van der Waals surface area contributed by atoms with Crippen LogP contribution in [-0.2, 0) is 7.05 Å². The highest BCUT2D eigenvalue weighted by Crippen LogP contribution is 2.30. The van der Waals surface area contributed by atoms with E-state index in [2.05, 4.69) is 10.1 Å². The van der Waals surface area contributed by atoms with Crippen molar-refractivity contribution in [2.75, 3.05) is 0 Å². The number of aryl methyl sites for hydroxylation is 1. The van der Waals surface area contributed by atoms with Crippen LogP contribution in [-0.4, -0.2) is 14.8 Å². The van der Waals surface area contributed by atoms with Gasteiger partial charge in [0.05, 0.1) is 10.0 Å². The number of rotatable bonds is 2. The van der Waals surface area contributed by atoms with Crippen molar-refractivity contribution in [3.8, 4) is 22.8 Å². The Labute approximate surface area is 126 Å². The van der Waals surface area contributed by atoms with E-state index in [-0.39, 0.29) is 0 Å². The van der Waals surface area contributed by atoms with E-state index in [0.717, 1.165) is 11.1 Å². The average molecular weight is 304 g/mol. The Hall–Kier alpha value is -1.84. The first-order valence-corrected chi connectivity index (χ1v) is 6.83. The van der Waals surface area contributed by atoms with Gasteiger partial charge in [-0.25, -0.2) is 9.67 Å². The van der Waals surface area contributed by atoms with Gasteiger partial charge in [0.1, 0.15) is 0 Å². The Morgan fingerprint density at radius 3 is 2.00 bits per heavy atom. The second-order valence-corrected chi connectivity index (χ2v) is 5.16. The molecule has 1 heterocycles. The van der Waals surface area contributed by atoms with Gasteiger partial charge in [-0.2, -0.15) is 5.10 Å². The number of hydrogen-bond donors (Lipinski definition) is 0. The monoisotopic (exact) mass is 303 g/mol. The summed E-state index contributed by atoms with van der Waals surface area (Å²) in [6, 6.07) is 15.1. The van der Waals surface area contributed by atoms with Gasteiger partial charge in [0.25, 0.3) is 0 Å². The largest absolute Gasteiger partial charge is 0.248 e. The summed E-state index contributed by atoms with van der Waals surface area (Å²) in [7, 11) is 1.84. The van der Waals surface area contributed by atoms with Gasteiger partial charge < -0.3 is 0 Å². The Kier molecular flexibility index (Phi) is 3.47. The quantitative estimate of drug-likeness (QED) is 0.700. The first kappa shape index (κ1) is 13.2. The van der Waals surface area contributed by atoms with Gasteiger partial charge in [-0.3, -0.25) is 0 Å². The summed E-state index contributed by atoms with van der Waals surface area (Å²) in [4.78, 5) is 4.55. The molecule has 20 heavy (non-hydrogen) atoms. The molecule has 0 aliphatic heterocycles. The Morgan fingerprint density at radius 2 is 1.40 bits per heavy atom. The minimum Gasteiger partial charge on any atom is -0.248 e. The van der Waals surface area contributed by atoms with Gasteiger partial charge in [-0.05, 0) is 24.3 Å². The molecule has 3 aromatic rings. The third kappa shape index (κ3) is 2.30. The standard InChI is InChI=1S/C15H11Cl2N3/c1-20-15(11-7-3-5-9-13(11)17)18-14(19-20)10-6-2-4-8-12(10)16/h2-9H,1H3. The van der Waals surface area contributed by atoms with Crippen LogP contribution in [0.4, 0.5) is 0 Å². The van der Waals surface area contributed by atoms with Crippen LogP contribution in [0.25, 0.3) is 22.8 Å². The molecule has 100 valence electrons. The van der Waals surface area contributed by atoms with Crippen molar-refractivity contribution in [3.05, 3.63) is 58.6 Å². The molecule has 0 N–H and O–H groups in total. The predicted molar refractivity (Wildman–Crippen MR) is 81.9 cm³/mol. The van der Waals surface area contributed by atoms with E-state index in [0.29, 0.717) is 21.7 Å². The minimum absolute atomic E-state index is 0.591. The van der Waals surface area contributed by atoms with Crippen LogP contribution in [0.2, 0.25) is 10.0 Å². The molecule has 0 aliphatic rings. The molecule has 0 atom stereocenters. The maximum Gasteiger partial charge on any atom is 0.183 e. The third-order valence-corrected chi connectivity index (χ3v) is 3.65. The smallest absolute Gasteiger partial charge is 0.183 e. The van der Waals surface area contributed by atoms with Crippen LogP contribution in [0.1, 0.15) is 0 Å². The number of hydrogen-bond acceptors (Lipinski definition) is 2. The first-order chi connectivity index (χ1) is 9.66. The molecule has 0 radical (unpaired) electrons. The van der Waals surface area contributed by atoms with Crippen molar-refractivity contribution in [2.24, 2.45) is 7.05 Å².